The number of amides is 2. The van der Waals surface area contributed by atoms with Crippen LogP contribution in [0.5, 0.6) is 0 Å². The normalized spacial score (nSPS) is 9.71. The lowest BCUT2D eigenvalue weighted by atomic mass is 10.1. The fourth-order valence-corrected chi connectivity index (χ4v) is 2.43. The maximum atomic E-state index is 12.0. The smallest absolute Gasteiger partial charge is 0.249 e. The van der Waals surface area contributed by atoms with Crippen LogP contribution in [0.2, 0.25) is 0 Å². The van der Waals surface area contributed by atoms with Crippen molar-refractivity contribution >= 4 is 23.3 Å². The molecule has 6 nitrogen and oxygen atoms in total. The number of hydrogen-bond acceptors (Lipinski definition) is 4. The van der Waals surface area contributed by atoms with Gasteiger partial charge in [0, 0.05) is 23.0 Å². The number of hydrogen-bond donors (Lipinski definition) is 3. The van der Waals surface area contributed by atoms with E-state index in [-0.39, 0.29) is 12.5 Å². The summed E-state index contributed by atoms with van der Waals surface area (Å²) in [5.74, 6) is 5.89. The molecule has 2 amide bonds. The Hall–Kier alpha value is -4.11. The van der Waals surface area contributed by atoms with Gasteiger partial charge in [0.05, 0.1) is 12.1 Å². The number of carbonyl (C=O) groups excluding carboxylic acids is 2. The Labute approximate surface area is 162 Å². The Morgan fingerprint density at radius 3 is 2.39 bits per heavy atom. The van der Waals surface area contributed by atoms with Gasteiger partial charge >= 0.3 is 0 Å². The van der Waals surface area contributed by atoms with E-state index in [1.54, 1.807) is 60.8 Å². The fraction of sp³-hybridized carbons (Fsp3) is 0.0455. The topological polar surface area (TPSA) is 97.1 Å². The molecule has 0 atom stereocenters. The molecular weight excluding hydrogens is 352 g/mol. The summed E-state index contributed by atoms with van der Waals surface area (Å²) in [5.41, 5.74) is 7.74. The van der Waals surface area contributed by atoms with Crippen LogP contribution in [0, 0.1) is 11.8 Å². The lowest BCUT2D eigenvalue weighted by Gasteiger charge is -2.07. The molecule has 0 aliphatic heterocycles. The van der Waals surface area contributed by atoms with Gasteiger partial charge in [0.1, 0.15) is 5.82 Å². The molecule has 0 unspecified atom stereocenters. The SMILES string of the molecule is NC(=O)c1ccccc1C#Cc1ccc(NC(=O)CNc2ccccn2)cc1. The molecule has 0 spiro atoms. The van der Waals surface area contributed by atoms with Crippen molar-refractivity contribution in [2.45, 2.75) is 0 Å². The summed E-state index contributed by atoms with van der Waals surface area (Å²) in [6.07, 6.45) is 1.65. The van der Waals surface area contributed by atoms with Gasteiger partial charge in [0.2, 0.25) is 11.8 Å². The molecule has 3 aromatic rings. The zero-order valence-corrected chi connectivity index (χ0v) is 15.0. The molecule has 6 heteroatoms. The van der Waals surface area contributed by atoms with Gasteiger partial charge in [-0.3, -0.25) is 9.59 Å². The van der Waals surface area contributed by atoms with E-state index < -0.39 is 5.91 Å². The van der Waals surface area contributed by atoms with E-state index in [1.807, 2.05) is 12.1 Å². The summed E-state index contributed by atoms with van der Waals surface area (Å²) in [6, 6.07) is 19.5. The summed E-state index contributed by atoms with van der Waals surface area (Å²) >= 11 is 0. The van der Waals surface area contributed by atoms with E-state index in [1.165, 1.54) is 0 Å². The molecule has 0 radical (unpaired) electrons. The third-order valence-electron chi connectivity index (χ3n) is 3.80. The first kappa shape index (κ1) is 18.7. The Morgan fingerprint density at radius 1 is 0.929 bits per heavy atom. The predicted molar refractivity (Wildman–Crippen MR) is 109 cm³/mol. The molecule has 2 aromatic carbocycles. The molecule has 0 aliphatic carbocycles. The molecule has 0 saturated heterocycles. The van der Waals surface area contributed by atoms with Crippen molar-refractivity contribution in [2.24, 2.45) is 5.73 Å². The fourth-order valence-electron chi connectivity index (χ4n) is 2.43. The van der Waals surface area contributed by atoms with Crippen molar-refractivity contribution in [1.82, 2.24) is 4.98 Å². The molecule has 4 N–H and O–H groups in total. The molecule has 0 bridgehead atoms. The summed E-state index contributed by atoms with van der Waals surface area (Å²) < 4.78 is 0. The quantitative estimate of drug-likeness (QED) is 0.602. The van der Waals surface area contributed by atoms with Crippen molar-refractivity contribution in [1.29, 1.82) is 0 Å². The highest BCUT2D eigenvalue weighted by Gasteiger charge is 2.05. The average Bonchev–Trinajstić information content (AvgIpc) is 2.72. The van der Waals surface area contributed by atoms with Gasteiger partial charge in [-0.1, -0.05) is 30.0 Å². The second kappa shape index (κ2) is 9.01. The monoisotopic (exact) mass is 370 g/mol. The van der Waals surface area contributed by atoms with Crippen LogP contribution < -0.4 is 16.4 Å². The lowest BCUT2D eigenvalue weighted by molar-refractivity contribution is -0.114. The first-order chi connectivity index (χ1) is 13.6. The number of rotatable bonds is 5. The highest BCUT2D eigenvalue weighted by molar-refractivity contribution is 5.95. The minimum absolute atomic E-state index is 0.114. The van der Waals surface area contributed by atoms with Crippen LogP contribution in [0.4, 0.5) is 11.5 Å². The lowest BCUT2D eigenvalue weighted by Crippen LogP contribution is -2.22. The standard InChI is InChI=1S/C22H18N4O2/c23-22(28)19-6-2-1-5-17(19)11-8-16-9-12-18(13-10-16)26-21(27)15-25-20-7-3-4-14-24-20/h1-7,9-10,12-14H,15H2,(H2,23,28)(H,24,25)(H,26,27). The molecule has 28 heavy (non-hydrogen) atoms. The van der Waals surface area contributed by atoms with Crippen LogP contribution in [0.1, 0.15) is 21.5 Å². The van der Waals surface area contributed by atoms with Crippen LogP contribution in [0.25, 0.3) is 0 Å². The number of carbonyl (C=O) groups is 2. The van der Waals surface area contributed by atoms with Crippen LogP contribution in [-0.2, 0) is 4.79 Å². The molecule has 1 aromatic heterocycles. The maximum absolute atomic E-state index is 12.0. The van der Waals surface area contributed by atoms with E-state index in [2.05, 4.69) is 27.5 Å². The van der Waals surface area contributed by atoms with Crippen molar-refractivity contribution in [3.05, 3.63) is 89.6 Å². The predicted octanol–water partition coefficient (Wildman–Crippen LogP) is 2.63. The zero-order valence-electron chi connectivity index (χ0n) is 15.0. The number of aromatic nitrogens is 1. The molecule has 0 fully saturated rings. The number of anilines is 2. The van der Waals surface area contributed by atoms with E-state index in [0.717, 1.165) is 5.56 Å². The minimum atomic E-state index is -0.512. The maximum Gasteiger partial charge on any atom is 0.249 e. The third-order valence-corrected chi connectivity index (χ3v) is 3.80. The Balaban J connectivity index is 1.60. The average molecular weight is 370 g/mol. The van der Waals surface area contributed by atoms with Crippen molar-refractivity contribution in [3.63, 3.8) is 0 Å². The summed E-state index contributed by atoms with van der Waals surface area (Å²) in [4.78, 5) is 27.5. The number of primary amides is 1. The van der Waals surface area contributed by atoms with Crippen LogP contribution >= 0.6 is 0 Å². The van der Waals surface area contributed by atoms with E-state index in [0.29, 0.717) is 22.6 Å². The molecule has 138 valence electrons. The summed E-state index contributed by atoms with van der Waals surface area (Å²) in [5, 5.41) is 5.74. The zero-order chi connectivity index (χ0) is 19.8. The number of benzene rings is 2. The highest BCUT2D eigenvalue weighted by Crippen LogP contribution is 2.10. The van der Waals surface area contributed by atoms with Gasteiger partial charge in [0.15, 0.2) is 0 Å². The van der Waals surface area contributed by atoms with E-state index in [4.69, 9.17) is 5.73 Å². The van der Waals surface area contributed by atoms with Gasteiger partial charge in [-0.2, -0.15) is 0 Å². The first-order valence-corrected chi connectivity index (χ1v) is 8.57. The van der Waals surface area contributed by atoms with Crippen molar-refractivity contribution in [3.8, 4) is 11.8 Å². The Morgan fingerprint density at radius 2 is 1.68 bits per heavy atom. The number of pyridine rings is 1. The second-order valence-corrected chi connectivity index (χ2v) is 5.85. The van der Waals surface area contributed by atoms with E-state index >= 15 is 0 Å². The van der Waals surface area contributed by atoms with Crippen molar-refractivity contribution < 1.29 is 9.59 Å². The van der Waals surface area contributed by atoms with Crippen LogP contribution in [-0.4, -0.2) is 23.3 Å². The van der Waals surface area contributed by atoms with Gasteiger partial charge in [-0.25, -0.2) is 4.98 Å². The molecule has 1 heterocycles. The number of nitrogens with zero attached hydrogens (tertiary/aromatic N) is 1. The Kier molecular flexibility index (Phi) is 6.01. The highest BCUT2D eigenvalue weighted by atomic mass is 16.2. The third kappa shape index (κ3) is 5.19. The number of nitrogens with one attached hydrogen (secondary N) is 2. The summed E-state index contributed by atoms with van der Waals surface area (Å²) in [6.45, 7) is 0.114. The van der Waals surface area contributed by atoms with Gasteiger partial charge < -0.3 is 16.4 Å². The molecule has 0 saturated carbocycles. The second-order valence-electron chi connectivity index (χ2n) is 5.85. The summed E-state index contributed by atoms with van der Waals surface area (Å²) in [7, 11) is 0. The number of nitrogens with two attached hydrogens (primary N) is 1. The molecule has 3 rings (SSSR count). The van der Waals surface area contributed by atoms with Gasteiger partial charge in [-0.05, 0) is 48.5 Å². The Bertz CT molecular complexity index is 1040. The van der Waals surface area contributed by atoms with Crippen molar-refractivity contribution in [2.75, 3.05) is 17.2 Å². The van der Waals surface area contributed by atoms with E-state index in [9.17, 15) is 9.59 Å². The van der Waals surface area contributed by atoms with Crippen LogP contribution in [0.3, 0.4) is 0 Å². The van der Waals surface area contributed by atoms with Gasteiger partial charge in [-0.15, -0.1) is 0 Å². The molecular formula is C22H18N4O2. The minimum Gasteiger partial charge on any atom is -0.366 e. The van der Waals surface area contributed by atoms with Crippen LogP contribution in [0.15, 0.2) is 72.9 Å². The largest absolute Gasteiger partial charge is 0.366 e. The molecule has 0 aliphatic rings. The van der Waals surface area contributed by atoms with Gasteiger partial charge in [0.25, 0.3) is 0 Å². The first-order valence-electron chi connectivity index (χ1n) is 8.57.